The van der Waals surface area contributed by atoms with Crippen LogP contribution in [0.1, 0.15) is 5.56 Å². The van der Waals surface area contributed by atoms with E-state index in [4.69, 9.17) is 23.2 Å². The fourth-order valence-electron chi connectivity index (χ4n) is 0.750. The number of nitrogens with zero attached hydrogens (tertiary/aromatic N) is 1. The van der Waals surface area contributed by atoms with Gasteiger partial charge in [-0.2, -0.15) is 4.39 Å². The van der Waals surface area contributed by atoms with Gasteiger partial charge < -0.3 is 0 Å². The lowest BCUT2D eigenvalue weighted by molar-refractivity contribution is 0.582. The zero-order valence-corrected chi connectivity index (χ0v) is 7.16. The molecule has 0 bridgehead atoms. The van der Waals surface area contributed by atoms with Crippen LogP contribution in [0.25, 0.3) is 0 Å². The van der Waals surface area contributed by atoms with E-state index in [1.54, 1.807) is 6.07 Å². The Bertz CT molecular complexity index is 252. The van der Waals surface area contributed by atoms with Crippen molar-refractivity contribution in [2.45, 2.75) is 6.42 Å². The largest absolute Gasteiger partial charge is 0.231 e. The van der Waals surface area contributed by atoms with Gasteiger partial charge in [-0.1, -0.05) is 11.6 Å². The molecule has 0 aromatic carbocycles. The third-order valence-corrected chi connectivity index (χ3v) is 1.88. The summed E-state index contributed by atoms with van der Waals surface area (Å²) in [6, 6.07) is 1.66. The fraction of sp³-hybridized carbons (Fsp3) is 0.286. The molecule has 1 aromatic rings. The number of hydrogen-bond donors (Lipinski definition) is 0. The number of hydrogen-bond acceptors (Lipinski definition) is 1. The van der Waals surface area contributed by atoms with Crippen molar-refractivity contribution >= 4 is 23.2 Å². The average molecular weight is 194 g/mol. The Hall–Kier alpha value is -0.340. The zero-order valence-electron chi connectivity index (χ0n) is 5.65. The van der Waals surface area contributed by atoms with Crippen molar-refractivity contribution in [1.29, 1.82) is 0 Å². The molecule has 0 radical (unpaired) electrons. The van der Waals surface area contributed by atoms with E-state index in [1.807, 2.05) is 0 Å². The monoisotopic (exact) mass is 193 g/mol. The first-order valence-corrected chi connectivity index (χ1v) is 4.02. The highest BCUT2D eigenvalue weighted by molar-refractivity contribution is 6.31. The minimum Gasteiger partial charge on any atom is -0.227 e. The van der Waals surface area contributed by atoms with Crippen LogP contribution in [-0.2, 0) is 6.42 Å². The van der Waals surface area contributed by atoms with Gasteiger partial charge in [0.05, 0.1) is 5.02 Å². The molecule has 0 saturated heterocycles. The van der Waals surface area contributed by atoms with E-state index < -0.39 is 5.95 Å². The molecule has 0 aliphatic heterocycles. The van der Waals surface area contributed by atoms with E-state index >= 15 is 0 Å². The number of pyridine rings is 1. The summed E-state index contributed by atoms with van der Waals surface area (Å²) < 4.78 is 12.6. The molecule has 0 spiro atoms. The van der Waals surface area contributed by atoms with Crippen molar-refractivity contribution < 1.29 is 4.39 Å². The minimum atomic E-state index is -0.630. The third kappa shape index (κ3) is 2.04. The van der Waals surface area contributed by atoms with E-state index in [0.29, 0.717) is 17.9 Å². The SMILES string of the molecule is Fc1nccc(CCCl)c1Cl. The Morgan fingerprint density at radius 2 is 2.27 bits per heavy atom. The number of aromatic nitrogens is 1. The van der Waals surface area contributed by atoms with Crippen LogP contribution in [0, 0.1) is 5.95 Å². The maximum absolute atomic E-state index is 12.6. The Balaban J connectivity index is 2.96. The lowest BCUT2D eigenvalue weighted by atomic mass is 10.2. The average Bonchev–Trinajstić information content (AvgIpc) is 1.99. The Kier molecular flexibility index (Phi) is 3.09. The lowest BCUT2D eigenvalue weighted by Gasteiger charge is -1.99. The normalized spacial score (nSPS) is 10.1. The van der Waals surface area contributed by atoms with E-state index in [0.717, 1.165) is 0 Å². The predicted molar refractivity (Wildman–Crippen MR) is 43.6 cm³/mol. The van der Waals surface area contributed by atoms with Crippen molar-refractivity contribution in [3.63, 3.8) is 0 Å². The molecule has 0 N–H and O–H groups in total. The highest BCUT2D eigenvalue weighted by Crippen LogP contribution is 2.18. The summed E-state index contributed by atoms with van der Waals surface area (Å²) in [4.78, 5) is 3.38. The first-order valence-electron chi connectivity index (χ1n) is 3.10. The van der Waals surface area contributed by atoms with E-state index in [1.165, 1.54) is 6.20 Å². The molecule has 1 rings (SSSR count). The van der Waals surface area contributed by atoms with Crippen LogP contribution < -0.4 is 0 Å². The molecule has 1 aromatic heterocycles. The van der Waals surface area contributed by atoms with Crippen LogP contribution in [-0.4, -0.2) is 10.9 Å². The Morgan fingerprint density at radius 3 is 2.91 bits per heavy atom. The van der Waals surface area contributed by atoms with Crippen molar-refractivity contribution in [1.82, 2.24) is 4.98 Å². The highest BCUT2D eigenvalue weighted by Gasteiger charge is 2.04. The molecule has 0 aliphatic rings. The summed E-state index contributed by atoms with van der Waals surface area (Å²) in [5.74, 6) is -0.197. The Labute approximate surface area is 74.2 Å². The molecule has 0 saturated carbocycles. The number of halogens is 3. The molecule has 4 heteroatoms. The van der Waals surface area contributed by atoms with E-state index in [2.05, 4.69) is 4.98 Å². The predicted octanol–water partition coefficient (Wildman–Crippen LogP) is 2.66. The van der Waals surface area contributed by atoms with Crippen molar-refractivity contribution in [2.75, 3.05) is 5.88 Å². The van der Waals surface area contributed by atoms with Gasteiger partial charge in [-0.05, 0) is 18.1 Å². The van der Waals surface area contributed by atoms with Gasteiger partial charge in [-0.25, -0.2) is 4.98 Å². The first-order chi connectivity index (χ1) is 5.25. The van der Waals surface area contributed by atoms with Gasteiger partial charge in [0.25, 0.3) is 0 Å². The van der Waals surface area contributed by atoms with Crippen molar-refractivity contribution in [2.24, 2.45) is 0 Å². The molecular weight excluding hydrogens is 188 g/mol. The second-order valence-electron chi connectivity index (χ2n) is 2.01. The molecular formula is C7H6Cl2FN. The number of alkyl halides is 1. The van der Waals surface area contributed by atoms with Crippen LogP contribution >= 0.6 is 23.2 Å². The van der Waals surface area contributed by atoms with Gasteiger partial charge in [0.15, 0.2) is 0 Å². The van der Waals surface area contributed by atoms with Gasteiger partial charge in [-0.15, -0.1) is 11.6 Å². The molecule has 0 aliphatic carbocycles. The molecule has 11 heavy (non-hydrogen) atoms. The smallest absolute Gasteiger partial charge is 0.227 e. The number of aryl methyl sites for hydroxylation is 1. The second kappa shape index (κ2) is 3.88. The molecule has 60 valence electrons. The molecule has 1 nitrogen and oxygen atoms in total. The van der Waals surface area contributed by atoms with Gasteiger partial charge in [0.2, 0.25) is 5.95 Å². The van der Waals surface area contributed by atoms with Gasteiger partial charge >= 0.3 is 0 Å². The van der Waals surface area contributed by atoms with Gasteiger partial charge in [-0.3, -0.25) is 0 Å². The first kappa shape index (κ1) is 8.75. The molecule has 0 fully saturated rings. The standard InChI is InChI=1S/C7H6Cl2FN/c8-3-1-5-2-4-11-7(10)6(5)9/h2,4H,1,3H2. The quantitative estimate of drug-likeness (QED) is 0.520. The van der Waals surface area contributed by atoms with Gasteiger partial charge in [0.1, 0.15) is 0 Å². The fourth-order valence-corrected chi connectivity index (χ4v) is 1.16. The third-order valence-electron chi connectivity index (χ3n) is 1.29. The zero-order chi connectivity index (χ0) is 8.27. The van der Waals surface area contributed by atoms with Crippen LogP contribution in [0.15, 0.2) is 12.3 Å². The topological polar surface area (TPSA) is 12.9 Å². The minimum absolute atomic E-state index is 0.0770. The van der Waals surface area contributed by atoms with Crippen LogP contribution in [0.4, 0.5) is 4.39 Å². The van der Waals surface area contributed by atoms with Gasteiger partial charge in [0, 0.05) is 12.1 Å². The van der Waals surface area contributed by atoms with Crippen LogP contribution in [0.3, 0.4) is 0 Å². The van der Waals surface area contributed by atoms with Crippen molar-refractivity contribution in [3.8, 4) is 0 Å². The van der Waals surface area contributed by atoms with Crippen LogP contribution in [0.2, 0.25) is 5.02 Å². The summed E-state index contributed by atoms with van der Waals surface area (Å²) in [5, 5.41) is 0.0770. The van der Waals surface area contributed by atoms with E-state index in [9.17, 15) is 4.39 Å². The second-order valence-corrected chi connectivity index (χ2v) is 2.77. The maximum Gasteiger partial charge on any atom is 0.231 e. The number of rotatable bonds is 2. The Morgan fingerprint density at radius 1 is 1.55 bits per heavy atom. The molecule has 0 atom stereocenters. The summed E-state index contributed by atoms with van der Waals surface area (Å²) in [6.07, 6.45) is 1.95. The summed E-state index contributed by atoms with van der Waals surface area (Å²) in [6.45, 7) is 0. The van der Waals surface area contributed by atoms with Crippen LogP contribution in [0.5, 0.6) is 0 Å². The van der Waals surface area contributed by atoms with Crippen molar-refractivity contribution in [3.05, 3.63) is 28.8 Å². The van der Waals surface area contributed by atoms with E-state index in [-0.39, 0.29) is 5.02 Å². The lowest BCUT2D eigenvalue weighted by Crippen LogP contribution is -1.92. The molecule has 0 unspecified atom stereocenters. The molecule has 1 heterocycles. The summed E-state index contributed by atoms with van der Waals surface area (Å²) in [5.41, 5.74) is 0.703. The molecule has 0 amide bonds. The maximum atomic E-state index is 12.6. The summed E-state index contributed by atoms with van der Waals surface area (Å²) >= 11 is 11.0. The summed E-state index contributed by atoms with van der Waals surface area (Å²) in [7, 11) is 0. The highest BCUT2D eigenvalue weighted by atomic mass is 35.5.